The molecule has 8 bridgehead atoms. The lowest BCUT2D eigenvalue weighted by Crippen LogP contribution is -2.62. The molecule has 0 aromatic rings. The quantitative estimate of drug-likeness (QED) is 0.189. The van der Waals surface area contributed by atoms with Crippen molar-refractivity contribution < 1.29 is 28.8 Å². The van der Waals surface area contributed by atoms with E-state index in [0.29, 0.717) is 48.3 Å². The topological polar surface area (TPSA) is 115 Å². The second kappa shape index (κ2) is 10.4. The molecule has 10 heteroatoms. The van der Waals surface area contributed by atoms with E-state index in [1.807, 2.05) is 0 Å². The molecule has 238 valence electrons. The summed E-state index contributed by atoms with van der Waals surface area (Å²) in [6.45, 7) is 0.538. The van der Waals surface area contributed by atoms with Gasteiger partial charge in [-0.25, -0.2) is 19.4 Å². The Balaban J connectivity index is 0.778. The van der Waals surface area contributed by atoms with Crippen LogP contribution in [-0.4, -0.2) is 79.5 Å². The minimum Gasteiger partial charge on any atom is -0.263 e. The largest absolute Gasteiger partial charge is 0.334 e. The second-order valence-corrected chi connectivity index (χ2v) is 16.2. The van der Waals surface area contributed by atoms with E-state index in [4.69, 9.17) is 0 Å². The molecule has 8 amide bonds. The first kappa shape index (κ1) is 28.7. The first-order valence-corrected chi connectivity index (χ1v) is 17.6. The minimum absolute atomic E-state index is 0.269. The number of hydrogen-bond donors (Lipinski definition) is 0. The standard InChI is InChI=1S/C34H46N4O6/c39-27-29(41)37(33-15-21-9-22(16-33)11-23(10-21)17-33)31(43)35(27)7-5-3-1-2-4-6-8-36-28(40)30(42)38(32(36)44)34-18-24-12-25(19-34)14-26(13-24)20-34/h21-26H,1-20H2. The molecule has 0 atom stereocenters. The average molecular weight is 607 g/mol. The Morgan fingerprint density at radius 3 is 0.977 bits per heavy atom. The smallest absolute Gasteiger partial charge is 0.263 e. The Bertz CT molecular complexity index is 1140. The zero-order valence-electron chi connectivity index (χ0n) is 25.8. The van der Waals surface area contributed by atoms with E-state index in [9.17, 15) is 28.8 Å². The monoisotopic (exact) mass is 606 g/mol. The molecule has 44 heavy (non-hydrogen) atoms. The Labute approximate surface area is 259 Å². The Morgan fingerprint density at radius 2 is 0.682 bits per heavy atom. The van der Waals surface area contributed by atoms with Gasteiger partial charge in [0.1, 0.15) is 0 Å². The molecule has 2 heterocycles. The summed E-state index contributed by atoms with van der Waals surface area (Å²) < 4.78 is 0. The molecule has 0 aromatic heterocycles. The summed E-state index contributed by atoms with van der Waals surface area (Å²) in [4.78, 5) is 83.6. The number of hydrogen-bond acceptors (Lipinski definition) is 6. The van der Waals surface area contributed by atoms with Gasteiger partial charge in [0.25, 0.3) is 0 Å². The van der Waals surface area contributed by atoms with Gasteiger partial charge in [0.15, 0.2) is 0 Å². The summed E-state index contributed by atoms with van der Waals surface area (Å²) in [7, 11) is 0. The van der Waals surface area contributed by atoms with Crippen molar-refractivity contribution >= 4 is 35.7 Å². The number of carbonyl (C=O) groups excluding carboxylic acids is 6. The van der Waals surface area contributed by atoms with Gasteiger partial charge in [-0.3, -0.25) is 29.0 Å². The van der Waals surface area contributed by atoms with Crippen molar-refractivity contribution in [1.29, 1.82) is 0 Å². The number of amides is 8. The van der Waals surface area contributed by atoms with Crippen molar-refractivity contribution in [3.05, 3.63) is 0 Å². The number of nitrogens with zero attached hydrogens (tertiary/aromatic N) is 4. The summed E-state index contributed by atoms with van der Waals surface area (Å²) in [5.74, 6) is 0.894. The predicted molar refractivity (Wildman–Crippen MR) is 157 cm³/mol. The Hall–Kier alpha value is -2.78. The summed E-state index contributed by atoms with van der Waals surface area (Å²) in [6, 6.07) is -0.807. The lowest BCUT2D eigenvalue weighted by atomic mass is 9.52. The average Bonchev–Trinajstić information content (AvgIpc) is 3.31. The Kier molecular flexibility index (Phi) is 6.76. The molecular formula is C34H46N4O6. The molecule has 8 aliphatic carbocycles. The first-order valence-electron chi connectivity index (χ1n) is 17.6. The van der Waals surface area contributed by atoms with E-state index >= 15 is 0 Å². The molecule has 0 radical (unpaired) electrons. The SMILES string of the molecule is O=C1C(=O)N(C23CC4CC(CC(C4)C2)C3)C(=O)N1CCCCCCCCN1C(=O)C(=O)N(C23CC4CC(CC(C4)C2)C3)C1=O. The molecule has 0 spiro atoms. The molecule has 0 N–H and O–H groups in total. The predicted octanol–water partition coefficient (Wildman–Crippen LogP) is 4.85. The van der Waals surface area contributed by atoms with E-state index in [0.717, 1.165) is 64.2 Å². The maximum Gasteiger partial charge on any atom is 0.334 e. The molecule has 10 rings (SSSR count). The van der Waals surface area contributed by atoms with Crippen LogP contribution in [0.1, 0.15) is 116 Å². The number of carbonyl (C=O) groups is 6. The van der Waals surface area contributed by atoms with Gasteiger partial charge in [-0.1, -0.05) is 25.7 Å². The van der Waals surface area contributed by atoms with Crippen LogP contribution < -0.4 is 0 Å². The van der Waals surface area contributed by atoms with Crippen molar-refractivity contribution in [2.75, 3.05) is 13.1 Å². The fourth-order valence-corrected chi connectivity index (χ4v) is 12.2. The molecule has 0 aromatic carbocycles. The lowest BCUT2D eigenvalue weighted by molar-refractivity contribution is -0.150. The van der Waals surface area contributed by atoms with Crippen LogP contribution >= 0.6 is 0 Å². The molecule has 0 unspecified atom stereocenters. The fourth-order valence-electron chi connectivity index (χ4n) is 12.2. The molecule has 2 saturated heterocycles. The highest BCUT2D eigenvalue weighted by Crippen LogP contribution is 2.59. The normalized spacial score (nSPS) is 40.6. The molecule has 10 aliphatic rings. The molecule has 10 fully saturated rings. The van der Waals surface area contributed by atoms with Gasteiger partial charge >= 0.3 is 35.7 Å². The van der Waals surface area contributed by atoms with Gasteiger partial charge in [0, 0.05) is 13.1 Å². The maximum atomic E-state index is 13.4. The maximum absolute atomic E-state index is 13.4. The summed E-state index contributed by atoms with van der Waals surface area (Å²) in [5, 5.41) is 0. The van der Waals surface area contributed by atoms with Gasteiger partial charge in [0.05, 0.1) is 11.1 Å². The molecule has 8 saturated carbocycles. The zero-order chi connectivity index (χ0) is 30.4. The summed E-state index contributed by atoms with van der Waals surface area (Å²) in [5.41, 5.74) is -0.884. The van der Waals surface area contributed by atoms with Gasteiger partial charge in [-0.15, -0.1) is 0 Å². The van der Waals surface area contributed by atoms with Crippen LogP contribution in [0.2, 0.25) is 0 Å². The van der Waals surface area contributed by atoms with Gasteiger partial charge in [-0.05, 0) is 125 Å². The highest BCUT2D eigenvalue weighted by atomic mass is 16.2. The number of rotatable bonds is 11. The molecular weight excluding hydrogens is 560 g/mol. The van der Waals surface area contributed by atoms with Crippen LogP contribution in [0.25, 0.3) is 0 Å². The third kappa shape index (κ3) is 4.39. The van der Waals surface area contributed by atoms with Crippen LogP contribution in [0.4, 0.5) is 9.59 Å². The molecule has 2 aliphatic heterocycles. The Morgan fingerprint density at radius 1 is 0.409 bits per heavy atom. The highest BCUT2D eigenvalue weighted by molar-refractivity contribution is 6.45. The number of unbranched alkanes of at least 4 members (excludes halogenated alkanes) is 5. The summed E-state index contributed by atoms with van der Waals surface area (Å²) >= 11 is 0. The van der Waals surface area contributed by atoms with Crippen molar-refractivity contribution in [3.63, 3.8) is 0 Å². The van der Waals surface area contributed by atoms with Crippen LogP contribution in [0.15, 0.2) is 0 Å². The lowest BCUT2D eigenvalue weighted by Gasteiger charge is -2.58. The van der Waals surface area contributed by atoms with Crippen LogP contribution in [0.5, 0.6) is 0 Å². The second-order valence-electron chi connectivity index (χ2n) is 16.2. The molecule has 10 nitrogen and oxygen atoms in total. The van der Waals surface area contributed by atoms with E-state index < -0.39 is 46.8 Å². The van der Waals surface area contributed by atoms with E-state index in [1.54, 1.807) is 0 Å². The van der Waals surface area contributed by atoms with Crippen molar-refractivity contribution in [3.8, 4) is 0 Å². The third-order valence-corrected chi connectivity index (χ3v) is 13.1. The summed E-state index contributed by atoms with van der Waals surface area (Å²) in [6.07, 6.45) is 17.1. The van der Waals surface area contributed by atoms with Crippen LogP contribution in [-0.2, 0) is 19.2 Å². The first-order chi connectivity index (χ1) is 21.2. The van der Waals surface area contributed by atoms with Crippen molar-refractivity contribution in [2.45, 2.75) is 127 Å². The van der Waals surface area contributed by atoms with Crippen molar-refractivity contribution in [2.24, 2.45) is 35.5 Å². The van der Waals surface area contributed by atoms with Gasteiger partial charge in [0.2, 0.25) is 0 Å². The van der Waals surface area contributed by atoms with E-state index in [2.05, 4.69) is 0 Å². The van der Waals surface area contributed by atoms with E-state index in [1.165, 1.54) is 58.1 Å². The number of urea groups is 2. The third-order valence-electron chi connectivity index (χ3n) is 13.1. The zero-order valence-corrected chi connectivity index (χ0v) is 25.8. The number of imide groups is 4. The fraction of sp³-hybridized carbons (Fsp3) is 0.824. The minimum atomic E-state index is -0.664. The van der Waals surface area contributed by atoms with E-state index in [-0.39, 0.29) is 13.1 Å². The van der Waals surface area contributed by atoms with Crippen LogP contribution in [0, 0.1) is 35.5 Å². The van der Waals surface area contributed by atoms with Crippen molar-refractivity contribution in [1.82, 2.24) is 19.6 Å². The van der Waals surface area contributed by atoms with Gasteiger partial charge in [-0.2, -0.15) is 0 Å². The highest BCUT2D eigenvalue weighted by Gasteiger charge is 2.62. The van der Waals surface area contributed by atoms with Crippen LogP contribution in [0.3, 0.4) is 0 Å². The van der Waals surface area contributed by atoms with Gasteiger partial charge < -0.3 is 0 Å².